The molecule has 86 valence electrons. The first-order chi connectivity index (χ1) is 8.33. The molecule has 0 saturated heterocycles. The standard InChI is InChI=1S/C13H12N2O2/c1-17-13-7-3-6-12(15-13)10-4-2-5-11(8-10)14-9-16/h2-9H,1H3,(H,14,16). The van der Waals surface area contributed by atoms with Crippen molar-refractivity contribution < 1.29 is 9.53 Å². The first kappa shape index (κ1) is 11.1. The third kappa shape index (κ3) is 2.60. The van der Waals surface area contributed by atoms with Gasteiger partial charge >= 0.3 is 0 Å². The SMILES string of the molecule is COc1cccc(-c2cccc(NC=O)c2)n1. The molecule has 2 aromatic rings. The van der Waals surface area contributed by atoms with Crippen LogP contribution in [0.25, 0.3) is 11.3 Å². The van der Waals surface area contributed by atoms with Crippen molar-refractivity contribution in [2.45, 2.75) is 0 Å². The van der Waals surface area contributed by atoms with Gasteiger partial charge in [0.1, 0.15) is 0 Å². The van der Waals surface area contributed by atoms with Crippen molar-refractivity contribution >= 4 is 12.1 Å². The van der Waals surface area contributed by atoms with Crippen LogP contribution in [0.5, 0.6) is 5.88 Å². The lowest BCUT2D eigenvalue weighted by Crippen LogP contribution is -1.94. The van der Waals surface area contributed by atoms with Gasteiger partial charge in [0.15, 0.2) is 0 Å². The van der Waals surface area contributed by atoms with Gasteiger partial charge in [-0.25, -0.2) is 4.98 Å². The van der Waals surface area contributed by atoms with E-state index >= 15 is 0 Å². The quantitative estimate of drug-likeness (QED) is 0.817. The summed E-state index contributed by atoms with van der Waals surface area (Å²) >= 11 is 0. The molecule has 0 aliphatic rings. The molecule has 0 spiro atoms. The van der Waals surface area contributed by atoms with E-state index in [1.807, 2.05) is 36.4 Å². The van der Waals surface area contributed by atoms with Crippen LogP contribution in [0.2, 0.25) is 0 Å². The number of ether oxygens (including phenoxy) is 1. The minimum Gasteiger partial charge on any atom is -0.481 e. The number of carbonyl (C=O) groups excluding carboxylic acids is 1. The van der Waals surface area contributed by atoms with E-state index in [4.69, 9.17) is 4.74 Å². The van der Waals surface area contributed by atoms with E-state index in [1.165, 1.54) is 0 Å². The fourth-order valence-electron chi connectivity index (χ4n) is 1.53. The number of hydrogen-bond acceptors (Lipinski definition) is 3. The van der Waals surface area contributed by atoms with Crippen LogP contribution < -0.4 is 10.1 Å². The molecule has 0 saturated carbocycles. The minimum absolute atomic E-state index is 0.566. The topological polar surface area (TPSA) is 51.2 Å². The normalized spacial score (nSPS) is 9.71. The highest BCUT2D eigenvalue weighted by Gasteiger charge is 2.01. The first-order valence-electron chi connectivity index (χ1n) is 5.15. The number of pyridine rings is 1. The van der Waals surface area contributed by atoms with Gasteiger partial charge < -0.3 is 10.1 Å². The number of benzene rings is 1. The van der Waals surface area contributed by atoms with Gasteiger partial charge in [-0.05, 0) is 18.2 Å². The van der Waals surface area contributed by atoms with E-state index < -0.39 is 0 Å². The van der Waals surface area contributed by atoms with Gasteiger partial charge in [0, 0.05) is 17.3 Å². The molecule has 1 amide bonds. The molecule has 0 atom stereocenters. The smallest absolute Gasteiger partial charge is 0.213 e. The van der Waals surface area contributed by atoms with Crippen molar-refractivity contribution in [2.75, 3.05) is 12.4 Å². The average molecular weight is 228 g/mol. The van der Waals surface area contributed by atoms with Crippen molar-refractivity contribution in [2.24, 2.45) is 0 Å². The number of nitrogens with zero attached hydrogens (tertiary/aromatic N) is 1. The Balaban J connectivity index is 2.37. The molecule has 1 aromatic carbocycles. The number of nitrogens with one attached hydrogen (secondary N) is 1. The summed E-state index contributed by atoms with van der Waals surface area (Å²) in [5, 5.41) is 2.61. The minimum atomic E-state index is 0.566. The van der Waals surface area contributed by atoms with Crippen molar-refractivity contribution in [3.05, 3.63) is 42.5 Å². The fourth-order valence-corrected chi connectivity index (χ4v) is 1.53. The zero-order valence-corrected chi connectivity index (χ0v) is 9.38. The lowest BCUT2D eigenvalue weighted by molar-refractivity contribution is -0.105. The van der Waals surface area contributed by atoms with E-state index in [0.717, 1.165) is 16.9 Å². The number of amides is 1. The van der Waals surface area contributed by atoms with E-state index in [9.17, 15) is 4.79 Å². The Kier molecular flexibility index (Phi) is 3.35. The van der Waals surface area contributed by atoms with Crippen LogP contribution in [0.3, 0.4) is 0 Å². The largest absolute Gasteiger partial charge is 0.481 e. The molecule has 0 aliphatic carbocycles. The van der Waals surface area contributed by atoms with Crippen LogP contribution in [0.4, 0.5) is 5.69 Å². The fraction of sp³-hybridized carbons (Fsp3) is 0.0769. The summed E-state index contributed by atoms with van der Waals surface area (Å²) in [5.41, 5.74) is 2.47. The van der Waals surface area contributed by atoms with Gasteiger partial charge in [-0.2, -0.15) is 0 Å². The van der Waals surface area contributed by atoms with Gasteiger partial charge in [-0.1, -0.05) is 18.2 Å². The lowest BCUT2D eigenvalue weighted by Gasteiger charge is -2.05. The number of rotatable bonds is 4. The van der Waals surface area contributed by atoms with Gasteiger partial charge in [0.2, 0.25) is 12.3 Å². The maximum atomic E-state index is 10.4. The molecule has 1 N–H and O–H groups in total. The van der Waals surface area contributed by atoms with Crippen LogP contribution >= 0.6 is 0 Å². The Hall–Kier alpha value is -2.36. The summed E-state index contributed by atoms with van der Waals surface area (Å²) in [7, 11) is 1.58. The van der Waals surface area contributed by atoms with Gasteiger partial charge in [-0.3, -0.25) is 4.79 Å². The molecular weight excluding hydrogens is 216 g/mol. The zero-order valence-electron chi connectivity index (χ0n) is 9.38. The highest BCUT2D eigenvalue weighted by Crippen LogP contribution is 2.22. The number of anilines is 1. The second kappa shape index (κ2) is 5.12. The molecule has 4 heteroatoms. The second-order valence-corrected chi connectivity index (χ2v) is 3.41. The first-order valence-corrected chi connectivity index (χ1v) is 5.15. The molecule has 0 bridgehead atoms. The number of hydrogen-bond donors (Lipinski definition) is 1. The van der Waals surface area contributed by atoms with Crippen molar-refractivity contribution in [1.82, 2.24) is 4.98 Å². The van der Waals surface area contributed by atoms with Crippen LogP contribution in [0.15, 0.2) is 42.5 Å². The molecule has 0 radical (unpaired) electrons. The molecule has 0 aliphatic heterocycles. The molecule has 1 aromatic heterocycles. The van der Waals surface area contributed by atoms with E-state index in [-0.39, 0.29) is 0 Å². The molecule has 0 fully saturated rings. The van der Waals surface area contributed by atoms with Crippen LogP contribution in [0.1, 0.15) is 0 Å². The third-order valence-electron chi connectivity index (χ3n) is 2.32. The van der Waals surface area contributed by atoms with E-state index in [0.29, 0.717) is 12.3 Å². The predicted molar refractivity (Wildman–Crippen MR) is 65.9 cm³/mol. The predicted octanol–water partition coefficient (Wildman–Crippen LogP) is 2.33. The second-order valence-electron chi connectivity index (χ2n) is 3.41. The van der Waals surface area contributed by atoms with Crippen LogP contribution in [-0.4, -0.2) is 18.5 Å². The summed E-state index contributed by atoms with van der Waals surface area (Å²) in [6, 6.07) is 13.0. The van der Waals surface area contributed by atoms with Crippen molar-refractivity contribution in [3.8, 4) is 17.1 Å². The summed E-state index contributed by atoms with van der Waals surface area (Å²) in [5.74, 6) is 0.566. The Morgan fingerprint density at radius 3 is 2.82 bits per heavy atom. The molecule has 4 nitrogen and oxygen atoms in total. The maximum Gasteiger partial charge on any atom is 0.213 e. The molecule has 0 unspecified atom stereocenters. The average Bonchev–Trinajstić information content (AvgIpc) is 2.40. The molecular formula is C13H12N2O2. The van der Waals surface area contributed by atoms with E-state index in [2.05, 4.69) is 10.3 Å². The highest BCUT2D eigenvalue weighted by atomic mass is 16.5. The lowest BCUT2D eigenvalue weighted by atomic mass is 10.1. The molecule has 1 heterocycles. The number of carbonyl (C=O) groups is 1. The summed E-state index contributed by atoms with van der Waals surface area (Å²) in [6.45, 7) is 0. The van der Waals surface area contributed by atoms with Crippen molar-refractivity contribution in [1.29, 1.82) is 0 Å². The van der Waals surface area contributed by atoms with Crippen molar-refractivity contribution in [3.63, 3.8) is 0 Å². The number of methoxy groups -OCH3 is 1. The number of aromatic nitrogens is 1. The van der Waals surface area contributed by atoms with E-state index in [1.54, 1.807) is 13.2 Å². The van der Waals surface area contributed by atoms with Crippen LogP contribution in [0, 0.1) is 0 Å². The maximum absolute atomic E-state index is 10.4. The van der Waals surface area contributed by atoms with Gasteiger partial charge in [0.05, 0.1) is 12.8 Å². The summed E-state index contributed by atoms with van der Waals surface area (Å²) in [6.07, 6.45) is 0.651. The van der Waals surface area contributed by atoms with Gasteiger partial charge in [-0.15, -0.1) is 0 Å². The Morgan fingerprint density at radius 1 is 1.24 bits per heavy atom. The Morgan fingerprint density at radius 2 is 2.06 bits per heavy atom. The summed E-state index contributed by atoms with van der Waals surface area (Å²) < 4.78 is 5.07. The Labute approximate surface area is 99.3 Å². The van der Waals surface area contributed by atoms with Gasteiger partial charge in [0.25, 0.3) is 0 Å². The Bertz CT molecular complexity index is 526. The van der Waals surface area contributed by atoms with Crippen LogP contribution in [-0.2, 0) is 4.79 Å². The highest BCUT2D eigenvalue weighted by molar-refractivity contribution is 5.75. The molecule has 17 heavy (non-hydrogen) atoms. The molecule has 2 rings (SSSR count). The third-order valence-corrected chi connectivity index (χ3v) is 2.32. The monoisotopic (exact) mass is 228 g/mol. The summed E-state index contributed by atoms with van der Waals surface area (Å²) in [4.78, 5) is 14.7. The zero-order chi connectivity index (χ0) is 12.1.